The molecule has 128 valence electrons. The molecule has 24 heavy (non-hydrogen) atoms. The second-order valence-corrected chi connectivity index (χ2v) is 7.03. The third-order valence-electron chi connectivity index (χ3n) is 4.28. The zero-order valence-corrected chi connectivity index (χ0v) is 14.8. The lowest BCUT2D eigenvalue weighted by Gasteiger charge is -2.36. The number of carbonyl (C=O) groups is 2. The number of unbranched alkanes of at least 4 members (excludes halogenated alkanes) is 2. The second kappa shape index (κ2) is 7.25. The smallest absolute Gasteiger partial charge is 0.325 e. The van der Waals surface area contributed by atoms with Crippen molar-refractivity contribution in [2.24, 2.45) is 4.99 Å². The molecule has 1 aromatic rings. The van der Waals surface area contributed by atoms with E-state index in [1.54, 1.807) is 18.8 Å². The van der Waals surface area contributed by atoms with Crippen molar-refractivity contribution < 1.29 is 9.59 Å². The van der Waals surface area contributed by atoms with Gasteiger partial charge in [-0.1, -0.05) is 49.7 Å². The van der Waals surface area contributed by atoms with Gasteiger partial charge >= 0.3 is 6.03 Å². The molecule has 2 aliphatic heterocycles. The van der Waals surface area contributed by atoms with E-state index in [0.29, 0.717) is 0 Å². The van der Waals surface area contributed by atoms with Gasteiger partial charge in [0, 0.05) is 18.5 Å². The van der Waals surface area contributed by atoms with E-state index in [0.717, 1.165) is 35.9 Å². The number of amides is 3. The van der Waals surface area contributed by atoms with E-state index in [2.05, 4.69) is 17.1 Å². The van der Waals surface area contributed by atoms with Gasteiger partial charge in [0.2, 0.25) is 0 Å². The summed E-state index contributed by atoms with van der Waals surface area (Å²) in [7, 11) is 1.68. The molecule has 1 aromatic carbocycles. The molecule has 2 atom stereocenters. The molecule has 0 aromatic heterocycles. The molecule has 1 saturated heterocycles. The third-order valence-corrected chi connectivity index (χ3v) is 5.31. The normalized spacial score (nSPS) is 23.2. The molecule has 3 amide bonds. The fourth-order valence-electron chi connectivity index (χ4n) is 2.95. The number of hydrogen-bond acceptors (Lipinski definition) is 5. The van der Waals surface area contributed by atoms with Crippen molar-refractivity contribution in [1.82, 2.24) is 15.1 Å². The van der Waals surface area contributed by atoms with E-state index in [-0.39, 0.29) is 11.9 Å². The SMILES string of the molecule is CCCCCN1C(Sc2ccccc2)=NC2C1C(=O)NC(=O)N2C. The number of fused-ring (bicyclic) bond motifs is 1. The highest BCUT2D eigenvalue weighted by Crippen LogP contribution is 2.32. The number of nitrogens with zero attached hydrogens (tertiary/aromatic N) is 3. The predicted octanol–water partition coefficient (Wildman–Crippen LogP) is 2.52. The number of carbonyl (C=O) groups excluding carboxylic acids is 2. The Kier molecular flexibility index (Phi) is 5.08. The zero-order chi connectivity index (χ0) is 17.1. The molecule has 0 saturated carbocycles. The average molecular weight is 346 g/mol. The highest BCUT2D eigenvalue weighted by molar-refractivity contribution is 8.13. The molecule has 3 rings (SSSR count). The summed E-state index contributed by atoms with van der Waals surface area (Å²) in [6.07, 6.45) is 2.77. The summed E-state index contributed by atoms with van der Waals surface area (Å²) < 4.78 is 0. The topological polar surface area (TPSA) is 65.0 Å². The first-order valence-electron chi connectivity index (χ1n) is 8.27. The fourth-order valence-corrected chi connectivity index (χ4v) is 3.93. The van der Waals surface area contributed by atoms with Gasteiger partial charge in [-0.2, -0.15) is 0 Å². The molecular formula is C17H22N4O2S. The lowest BCUT2D eigenvalue weighted by atomic mass is 10.1. The van der Waals surface area contributed by atoms with Crippen molar-refractivity contribution in [3.05, 3.63) is 30.3 Å². The van der Waals surface area contributed by atoms with Gasteiger partial charge in [0.05, 0.1) is 0 Å². The van der Waals surface area contributed by atoms with E-state index >= 15 is 0 Å². The Balaban J connectivity index is 1.85. The molecule has 2 unspecified atom stereocenters. The van der Waals surface area contributed by atoms with Crippen molar-refractivity contribution in [3.8, 4) is 0 Å². The van der Waals surface area contributed by atoms with Crippen LogP contribution in [0.3, 0.4) is 0 Å². The Morgan fingerprint density at radius 2 is 1.96 bits per heavy atom. The van der Waals surface area contributed by atoms with Crippen LogP contribution < -0.4 is 5.32 Å². The number of amidine groups is 1. The number of likely N-dealkylation sites (N-methyl/N-ethyl adjacent to an activating group) is 1. The Hall–Kier alpha value is -2.02. The van der Waals surface area contributed by atoms with E-state index < -0.39 is 12.2 Å². The Morgan fingerprint density at radius 3 is 2.67 bits per heavy atom. The van der Waals surface area contributed by atoms with Gasteiger partial charge in [-0.05, 0) is 18.6 Å². The number of rotatable bonds is 5. The maximum Gasteiger partial charge on any atom is 0.325 e. The maximum absolute atomic E-state index is 12.4. The van der Waals surface area contributed by atoms with Gasteiger partial charge in [0.25, 0.3) is 5.91 Å². The summed E-state index contributed by atoms with van der Waals surface area (Å²) >= 11 is 1.55. The number of nitrogens with one attached hydrogen (secondary N) is 1. The Bertz CT molecular complexity index is 649. The lowest BCUT2D eigenvalue weighted by Crippen LogP contribution is -2.63. The van der Waals surface area contributed by atoms with Gasteiger partial charge in [0.1, 0.15) is 0 Å². The van der Waals surface area contributed by atoms with Gasteiger partial charge in [-0.15, -0.1) is 0 Å². The molecule has 2 heterocycles. The van der Waals surface area contributed by atoms with Crippen LogP contribution in [0.2, 0.25) is 0 Å². The first-order chi connectivity index (χ1) is 11.6. The van der Waals surface area contributed by atoms with Gasteiger partial charge in [0.15, 0.2) is 17.4 Å². The molecule has 2 aliphatic rings. The van der Waals surface area contributed by atoms with E-state index in [1.165, 1.54) is 4.90 Å². The summed E-state index contributed by atoms with van der Waals surface area (Å²) in [6, 6.07) is 9.16. The Morgan fingerprint density at radius 1 is 1.21 bits per heavy atom. The van der Waals surface area contributed by atoms with Gasteiger partial charge in [-0.25, -0.2) is 9.79 Å². The average Bonchev–Trinajstić information content (AvgIpc) is 2.93. The number of hydrogen-bond donors (Lipinski definition) is 1. The number of benzene rings is 1. The third kappa shape index (κ3) is 3.26. The fraction of sp³-hybridized carbons (Fsp3) is 0.471. The zero-order valence-electron chi connectivity index (χ0n) is 13.9. The Labute approximate surface area is 146 Å². The van der Waals surface area contributed by atoms with Crippen molar-refractivity contribution >= 4 is 28.9 Å². The number of imide groups is 1. The number of aliphatic imine (C=N–C) groups is 1. The summed E-state index contributed by atoms with van der Waals surface area (Å²) in [5.74, 6) is -0.257. The van der Waals surface area contributed by atoms with Gasteiger partial charge < -0.3 is 9.80 Å². The highest BCUT2D eigenvalue weighted by Gasteiger charge is 2.48. The summed E-state index contributed by atoms with van der Waals surface area (Å²) in [5.41, 5.74) is 0. The second-order valence-electron chi connectivity index (χ2n) is 5.99. The van der Waals surface area contributed by atoms with E-state index in [4.69, 9.17) is 4.99 Å². The largest absolute Gasteiger partial charge is 0.335 e. The monoisotopic (exact) mass is 346 g/mol. The van der Waals surface area contributed by atoms with E-state index in [1.807, 2.05) is 30.3 Å². The maximum atomic E-state index is 12.4. The molecule has 6 nitrogen and oxygen atoms in total. The van der Waals surface area contributed by atoms with Crippen molar-refractivity contribution in [2.75, 3.05) is 13.6 Å². The van der Waals surface area contributed by atoms with Crippen LogP contribution in [0.4, 0.5) is 4.79 Å². The van der Waals surface area contributed by atoms with Crippen LogP contribution in [-0.4, -0.2) is 52.7 Å². The van der Waals surface area contributed by atoms with Crippen LogP contribution in [0.25, 0.3) is 0 Å². The molecule has 0 spiro atoms. The quantitative estimate of drug-likeness (QED) is 0.832. The van der Waals surface area contributed by atoms with Crippen LogP contribution >= 0.6 is 11.8 Å². The molecule has 0 bridgehead atoms. The van der Waals surface area contributed by atoms with Gasteiger partial charge in [-0.3, -0.25) is 10.1 Å². The highest BCUT2D eigenvalue weighted by atomic mass is 32.2. The number of urea groups is 1. The van der Waals surface area contributed by atoms with Crippen LogP contribution in [0, 0.1) is 0 Å². The van der Waals surface area contributed by atoms with Crippen LogP contribution in [0.15, 0.2) is 40.2 Å². The predicted molar refractivity (Wildman–Crippen MR) is 94.8 cm³/mol. The van der Waals surface area contributed by atoms with Crippen LogP contribution in [-0.2, 0) is 4.79 Å². The molecule has 1 N–H and O–H groups in total. The lowest BCUT2D eigenvalue weighted by molar-refractivity contribution is -0.127. The minimum Gasteiger partial charge on any atom is -0.335 e. The summed E-state index contributed by atoms with van der Waals surface area (Å²) in [5, 5.41) is 3.24. The standard InChI is InChI=1S/C17H22N4O2S/c1-3-4-8-11-21-13-14(20(2)16(23)19-15(13)22)18-17(21)24-12-9-6-5-7-10-12/h5-7,9-10,13-14H,3-4,8,11H2,1-2H3,(H,19,22,23). The molecule has 1 fully saturated rings. The van der Waals surface area contributed by atoms with Crippen LogP contribution in [0.5, 0.6) is 0 Å². The van der Waals surface area contributed by atoms with Crippen molar-refractivity contribution in [2.45, 2.75) is 43.3 Å². The molecule has 0 aliphatic carbocycles. The van der Waals surface area contributed by atoms with Crippen molar-refractivity contribution in [1.29, 1.82) is 0 Å². The summed E-state index contributed by atoms with van der Waals surface area (Å²) in [4.78, 5) is 33.6. The van der Waals surface area contributed by atoms with E-state index in [9.17, 15) is 9.59 Å². The minimum atomic E-state index is -0.445. The number of thioether (sulfide) groups is 1. The van der Waals surface area contributed by atoms with Crippen molar-refractivity contribution in [3.63, 3.8) is 0 Å². The van der Waals surface area contributed by atoms with Crippen LogP contribution in [0.1, 0.15) is 26.2 Å². The first kappa shape index (κ1) is 16.8. The molecule has 0 radical (unpaired) electrons. The minimum absolute atomic E-state index is 0.257. The molecular weight excluding hydrogens is 324 g/mol. The summed E-state index contributed by atoms with van der Waals surface area (Å²) in [6.45, 7) is 2.92. The molecule has 7 heteroatoms. The first-order valence-corrected chi connectivity index (χ1v) is 9.08.